The Hall–Kier alpha value is -3.16. The molecule has 2 heterocycles. The molecule has 0 amide bonds. The fourth-order valence-electron chi connectivity index (χ4n) is 4.58. The first-order valence-corrected chi connectivity index (χ1v) is 11.1. The third-order valence-electron chi connectivity index (χ3n) is 6.17. The molecule has 2 aromatic carbocycles. The highest BCUT2D eigenvalue weighted by molar-refractivity contribution is 5.99. The Kier molecular flexibility index (Phi) is 5.23. The van der Waals surface area contributed by atoms with Crippen molar-refractivity contribution in [2.24, 2.45) is 5.92 Å². The molecule has 166 valence electrons. The van der Waals surface area contributed by atoms with Crippen molar-refractivity contribution < 1.29 is 14.9 Å². The molecule has 1 aliphatic rings. The van der Waals surface area contributed by atoms with Crippen LogP contribution in [-0.2, 0) is 0 Å². The highest BCUT2D eigenvalue weighted by Crippen LogP contribution is 2.38. The zero-order valence-electron chi connectivity index (χ0n) is 18.4. The van der Waals surface area contributed by atoms with Gasteiger partial charge in [-0.15, -0.1) is 0 Å². The Morgan fingerprint density at radius 1 is 1.09 bits per heavy atom. The Labute approximate surface area is 186 Å². The standard InChI is InChI=1S/C25H28N4O3/c1-14(2)32-20-9-8-16-6-4-5-7-17(16)23(20)18-13-22-26-11-10-21(29(22)28-18)27-19-12-15(3)24(30)25(19)31/h4-11,13-15,19,24-25,27,30-31H,12H2,1-3H3/t15-,19-,24-,25+/m1/s1. The molecular weight excluding hydrogens is 404 g/mol. The van der Waals surface area contributed by atoms with Gasteiger partial charge in [-0.25, -0.2) is 4.98 Å². The summed E-state index contributed by atoms with van der Waals surface area (Å²) in [7, 11) is 0. The molecule has 4 aromatic rings. The zero-order valence-corrected chi connectivity index (χ0v) is 18.4. The molecule has 0 radical (unpaired) electrons. The van der Waals surface area contributed by atoms with Crippen molar-refractivity contribution in [2.75, 3.05) is 5.32 Å². The predicted molar refractivity (Wildman–Crippen MR) is 125 cm³/mol. The Balaban J connectivity index is 1.61. The van der Waals surface area contributed by atoms with E-state index >= 15 is 0 Å². The summed E-state index contributed by atoms with van der Waals surface area (Å²) in [5, 5.41) is 31.0. The van der Waals surface area contributed by atoms with Crippen molar-refractivity contribution in [2.45, 2.75) is 51.5 Å². The molecule has 0 saturated heterocycles. The van der Waals surface area contributed by atoms with Crippen LogP contribution in [0.1, 0.15) is 27.2 Å². The second kappa shape index (κ2) is 8.07. The maximum absolute atomic E-state index is 10.4. The lowest BCUT2D eigenvalue weighted by Crippen LogP contribution is -2.35. The van der Waals surface area contributed by atoms with Crippen molar-refractivity contribution in [3.8, 4) is 17.0 Å². The summed E-state index contributed by atoms with van der Waals surface area (Å²) in [6, 6.07) is 15.8. The number of rotatable bonds is 5. The summed E-state index contributed by atoms with van der Waals surface area (Å²) in [6.45, 7) is 5.96. The quantitative estimate of drug-likeness (QED) is 0.443. The third-order valence-corrected chi connectivity index (χ3v) is 6.17. The normalized spacial score (nSPS) is 23.3. The highest BCUT2D eigenvalue weighted by atomic mass is 16.5. The van der Waals surface area contributed by atoms with Crippen molar-refractivity contribution in [1.82, 2.24) is 14.6 Å². The molecule has 0 aliphatic heterocycles. The van der Waals surface area contributed by atoms with E-state index in [2.05, 4.69) is 28.5 Å². The first-order valence-electron chi connectivity index (χ1n) is 11.1. The minimum Gasteiger partial charge on any atom is -0.490 e. The van der Waals surface area contributed by atoms with Crippen LogP contribution < -0.4 is 10.1 Å². The lowest BCUT2D eigenvalue weighted by Gasteiger charge is -2.19. The molecular formula is C25H28N4O3. The van der Waals surface area contributed by atoms with Crippen LogP contribution in [0.4, 0.5) is 5.82 Å². The van der Waals surface area contributed by atoms with Gasteiger partial charge in [-0.05, 0) is 49.1 Å². The fourth-order valence-corrected chi connectivity index (χ4v) is 4.58. The number of nitrogens with one attached hydrogen (secondary N) is 1. The molecule has 5 rings (SSSR count). The number of anilines is 1. The van der Waals surface area contributed by atoms with E-state index in [9.17, 15) is 10.2 Å². The SMILES string of the molecule is CC(C)Oc1ccc2ccccc2c1-c1cc2nccc(N[C@@H]3C[C@@H](C)[C@@H](O)[C@H]3O)n2n1. The summed E-state index contributed by atoms with van der Waals surface area (Å²) in [6.07, 6.45) is 0.867. The Morgan fingerprint density at radius 2 is 1.91 bits per heavy atom. The van der Waals surface area contributed by atoms with Gasteiger partial charge in [0.05, 0.1) is 29.5 Å². The van der Waals surface area contributed by atoms with E-state index in [1.54, 1.807) is 10.7 Å². The van der Waals surface area contributed by atoms with Gasteiger partial charge in [0.25, 0.3) is 0 Å². The van der Waals surface area contributed by atoms with Crippen LogP contribution in [-0.4, -0.2) is 49.2 Å². The van der Waals surface area contributed by atoms with Crippen LogP contribution in [0.5, 0.6) is 5.75 Å². The van der Waals surface area contributed by atoms with Gasteiger partial charge in [-0.1, -0.05) is 37.3 Å². The van der Waals surface area contributed by atoms with Crippen LogP contribution in [0.15, 0.2) is 54.7 Å². The van der Waals surface area contributed by atoms with E-state index in [1.165, 1.54) is 0 Å². The maximum atomic E-state index is 10.4. The average Bonchev–Trinajstić information content (AvgIpc) is 3.30. The van der Waals surface area contributed by atoms with Crippen molar-refractivity contribution >= 4 is 22.2 Å². The summed E-state index contributed by atoms with van der Waals surface area (Å²) >= 11 is 0. The van der Waals surface area contributed by atoms with E-state index in [1.807, 2.05) is 51.1 Å². The van der Waals surface area contributed by atoms with E-state index in [0.717, 1.165) is 33.6 Å². The second-order valence-corrected chi connectivity index (χ2v) is 8.90. The third kappa shape index (κ3) is 3.57. The molecule has 1 aliphatic carbocycles. The second-order valence-electron chi connectivity index (χ2n) is 8.90. The molecule has 4 atom stereocenters. The van der Waals surface area contributed by atoms with Gasteiger partial charge < -0.3 is 20.3 Å². The number of aliphatic hydroxyl groups is 2. The van der Waals surface area contributed by atoms with Gasteiger partial charge in [0.2, 0.25) is 0 Å². The van der Waals surface area contributed by atoms with Crippen LogP contribution in [0.25, 0.3) is 27.7 Å². The lowest BCUT2D eigenvalue weighted by atomic mass is 10.0. The molecule has 0 unspecified atom stereocenters. The maximum Gasteiger partial charge on any atom is 0.157 e. The molecule has 7 nitrogen and oxygen atoms in total. The van der Waals surface area contributed by atoms with Crippen LogP contribution in [0, 0.1) is 5.92 Å². The monoisotopic (exact) mass is 432 g/mol. The summed E-state index contributed by atoms with van der Waals surface area (Å²) in [5.74, 6) is 1.53. The van der Waals surface area contributed by atoms with Crippen molar-refractivity contribution in [3.05, 3.63) is 54.7 Å². The number of aliphatic hydroxyl groups excluding tert-OH is 2. The predicted octanol–water partition coefficient (Wildman–Crippen LogP) is 3.88. The largest absolute Gasteiger partial charge is 0.490 e. The number of ether oxygens (including phenoxy) is 1. The lowest BCUT2D eigenvalue weighted by molar-refractivity contribution is 0.0210. The molecule has 0 bridgehead atoms. The minimum absolute atomic E-state index is 0.0273. The number of nitrogens with zero attached hydrogens (tertiary/aromatic N) is 3. The fraction of sp³-hybridized carbons (Fsp3) is 0.360. The van der Waals surface area contributed by atoms with Crippen LogP contribution in [0.2, 0.25) is 0 Å². The van der Waals surface area contributed by atoms with E-state index < -0.39 is 12.2 Å². The van der Waals surface area contributed by atoms with Gasteiger partial charge in [0, 0.05) is 12.3 Å². The molecule has 1 saturated carbocycles. The number of aromatic nitrogens is 3. The van der Waals surface area contributed by atoms with E-state index in [4.69, 9.17) is 9.84 Å². The van der Waals surface area contributed by atoms with Crippen LogP contribution >= 0.6 is 0 Å². The van der Waals surface area contributed by atoms with Gasteiger partial charge in [-0.2, -0.15) is 9.61 Å². The topological polar surface area (TPSA) is 91.9 Å². The first kappa shape index (κ1) is 20.7. The smallest absolute Gasteiger partial charge is 0.157 e. The van der Waals surface area contributed by atoms with E-state index in [-0.39, 0.29) is 18.1 Å². The molecule has 7 heteroatoms. The number of hydrogen-bond donors (Lipinski definition) is 3. The summed E-state index contributed by atoms with van der Waals surface area (Å²) < 4.78 is 7.88. The highest BCUT2D eigenvalue weighted by Gasteiger charge is 2.39. The average molecular weight is 433 g/mol. The number of hydrogen-bond acceptors (Lipinski definition) is 6. The van der Waals surface area contributed by atoms with Crippen molar-refractivity contribution in [3.63, 3.8) is 0 Å². The molecule has 32 heavy (non-hydrogen) atoms. The van der Waals surface area contributed by atoms with Gasteiger partial charge >= 0.3 is 0 Å². The van der Waals surface area contributed by atoms with Gasteiger partial charge in [0.15, 0.2) is 5.65 Å². The van der Waals surface area contributed by atoms with Crippen molar-refractivity contribution in [1.29, 1.82) is 0 Å². The Bertz CT molecular complexity index is 1270. The van der Waals surface area contributed by atoms with Gasteiger partial charge in [-0.3, -0.25) is 0 Å². The zero-order chi connectivity index (χ0) is 22.4. The number of fused-ring (bicyclic) bond motifs is 2. The molecule has 1 fully saturated rings. The molecule has 3 N–H and O–H groups in total. The molecule has 0 spiro atoms. The first-order chi connectivity index (χ1) is 15.4. The Morgan fingerprint density at radius 3 is 2.66 bits per heavy atom. The van der Waals surface area contributed by atoms with E-state index in [0.29, 0.717) is 12.1 Å². The number of benzene rings is 2. The van der Waals surface area contributed by atoms with Gasteiger partial charge in [0.1, 0.15) is 17.7 Å². The minimum atomic E-state index is -0.827. The summed E-state index contributed by atoms with van der Waals surface area (Å²) in [5.41, 5.74) is 2.38. The van der Waals surface area contributed by atoms with Crippen LogP contribution in [0.3, 0.4) is 0 Å². The molecule has 2 aromatic heterocycles. The summed E-state index contributed by atoms with van der Waals surface area (Å²) in [4.78, 5) is 4.49.